The molecule has 0 spiro atoms. The molecular formula is C22H27F2N3O2. The zero-order chi connectivity index (χ0) is 20.8. The van der Waals surface area contributed by atoms with E-state index in [2.05, 4.69) is 26.9 Å². The summed E-state index contributed by atoms with van der Waals surface area (Å²) in [7, 11) is 2.07. The van der Waals surface area contributed by atoms with E-state index in [9.17, 15) is 13.6 Å². The molecule has 3 rings (SSSR count). The molecular weight excluding hydrogens is 376 g/mol. The second kappa shape index (κ2) is 9.80. The highest BCUT2D eigenvalue weighted by atomic mass is 19.3. The summed E-state index contributed by atoms with van der Waals surface area (Å²) in [6, 6.07) is 14.1. The van der Waals surface area contributed by atoms with Gasteiger partial charge in [0.2, 0.25) is 5.91 Å². The molecule has 0 radical (unpaired) electrons. The molecule has 2 aromatic rings. The zero-order valence-electron chi connectivity index (χ0n) is 16.8. The minimum Gasteiger partial charge on any atom is -0.435 e. The molecule has 1 heterocycles. The number of likely N-dealkylation sites (N-methyl/N-ethyl adjacent to an activating group) is 1. The van der Waals surface area contributed by atoms with Crippen LogP contribution >= 0.6 is 0 Å². The lowest BCUT2D eigenvalue weighted by atomic mass is 10.0. The number of carbonyl (C=O) groups is 1. The van der Waals surface area contributed by atoms with Crippen LogP contribution in [0, 0.1) is 0 Å². The van der Waals surface area contributed by atoms with Crippen LogP contribution in [0.5, 0.6) is 5.75 Å². The second-order valence-corrected chi connectivity index (χ2v) is 7.37. The summed E-state index contributed by atoms with van der Waals surface area (Å²) >= 11 is 0. The summed E-state index contributed by atoms with van der Waals surface area (Å²) < 4.78 is 30.2. The van der Waals surface area contributed by atoms with Gasteiger partial charge < -0.3 is 15.0 Å². The van der Waals surface area contributed by atoms with Crippen molar-refractivity contribution in [3.05, 3.63) is 59.7 Å². The summed E-state index contributed by atoms with van der Waals surface area (Å²) in [5, 5.41) is 2.92. The first-order valence-electron chi connectivity index (χ1n) is 9.77. The van der Waals surface area contributed by atoms with Gasteiger partial charge in [0, 0.05) is 43.9 Å². The molecule has 0 aliphatic carbocycles. The van der Waals surface area contributed by atoms with E-state index in [1.165, 1.54) is 6.07 Å². The number of halogens is 2. The van der Waals surface area contributed by atoms with Gasteiger partial charge in [0.25, 0.3) is 0 Å². The first-order valence-corrected chi connectivity index (χ1v) is 9.77. The van der Waals surface area contributed by atoms with Crippen molar-refractivity contribution in [1.29, 1.82) is 0 Å². The molecule has 7 heteroatoms. The number of rotatable bonds is 7. The Bertz CT molecular complexity index is 809. The van der Waals surface area contributed by atoms with Crippen LogP contribution in [0.4, 0.5) is 14.5 Å². The number of hydrogen-bond acceptors (Lipinski definition) is 4. The van der Waals surface area contributed by atoms with Gasteiger partial charge in [0.1, 0.15) is 5.75 Å². The first kappa shape index (κ1) is 21.2. The molecule has 1 amide bonds. The Kier molecular flexibility index (Phi) is 7.17. The minimum absolute atomic E-state index is 0.109. The fourth-order valence-corrected chi connectivity index (χ4v) is 3.44. The van der Waals surface area contributed by atoms with Gasteiger partial charge in [-0.25, -0.2) is 0 Å². The third-order valence-electron chi connectivity index (χ3n) is 5.25. The van der Waals surface area contributed by atoms with Crippen LogP contribution in [0.15, 0.2) is 48.5 Å². The van der Waals surface area contributed by atoms with Crippen molar-refractivity contribution in [3.8, 4) is 5.75 Å². The molecule has 1 fully saturated rings. The standard InChI is InChI=1S/C22H27F2N3O2/c1-16(27-12-10-26(2)11-13-27)21(28)25-19-8-9-20(29-22(23)24)18(15-19)14-17-6-4-3-5-7-17/h3-9,15-16,22H,10-14H2,1-2H3,(H,25,28). The molecule has 0 aromatic heterocycles. The molecule has 1 aliphatic heterocycles. The number of amides is 1. The fourth-order valence-electron chi connectivity index (χ4n) is 3.44. The number of ether oxygens (including phenoxy) is 1. The van der Waals surface area contributed by atoms with E-state index >= 15 is 0 Å². The quantitative estimate of drug-likeness (QED) is 0.769. The molecule has 0 saturated carbocycles. The molecule has 5 nitrogen and oxygen atoms in total. The zero-order valence-corrected chi connectivity index (χ0v) is 16.8. The summed E-state index contributed by atoms with van der Waals surface area (Å²) in [4.78, 5) is 17.1. The Labute approximate surface area is 170 Å². The normalized spacial score (nSPS) is 16.6. The van der Waals surface area contributed by atoms with Gasteiger partial charge in [-0.15, -0.1) is 0 Å². The topological polar surface area (TPSA) is 44.8 Å². The molecule has 2 aromatic carbocycles. The van der Waals surface area contributed by atoms with Gasteiger partial charge in [0.05, 0.1) is 6.04 Å². The van der Waals surface area contributed by atoms with E-state index in [0.29, 0.717) is 17.7 Å². The molecule has 1 unspecified atom stereocenters. The average molecular weight is 403 g/mol. The second-order valence-electron chi connectivity index (χ2n) is 7.37. The SMILES string of the molecule is CC(C(=O)Nc1ccc(OC(F)F)c(Cc2ccccc2)c1)N1CCN(C)CC1. The van der Waals surface area contributed by atoms with Gasteiger partial charge in [0.15, 0.2) is 0 Å². The molecule has 29 heavy (non-hydrogen) atoms. The van der Waals surface area contributed by atoms with E-state index in [0.717, 1.165) is 31.7 Å². The maximum Gasteiger partial charge on any atom is 0.387 e. The van der Waals surface area contributed by atoms with Gasteiger partial charge in [-0.1, -0.05) is 30.3 Å². The third kappa shape index (κ3) is 5.98. The molecule has 1 N–H and O–H groups in total. The van der Waals surface area contributed by atoms with E-state index in [1.54, 1.807) is 12.1 Å². The van der Waals surface area contributed by atoms with E-state index in [-0.39, 0.29) is 17.7 Å². The molecule has 156 valence electrons. The highest BCUT2D eigenvalue weighted by Gasteiger charge is 2.24. The smallest absolute Gasteiger partial charge is 0.387 e. The number of alkyl halides is 2. The molecule has 0 bridgehead atoms. The lowest BCUT2D eigenvalue weighted by Crippen LogP contribution is -2.51. The van der Waals surface area contributed by atoms with Crippen molar-refractivity contribution in [1.82, 2.24) is 9.80 Å². The minimum atomic E-state index is -2.90. The Morgan fingerprint density at radius 2 is 1.79 bits per heavy atom. The van der Waals surface area contributed by atoms with E-state index < -0.39 is 6.61 Å². The van der Waals surface area contributed by atoms with Crippen molar-refractivity contribution in [2.75, 3.05) is 38.5 Å². The van der Waals surface area contributed by atoms with Gasteiger partial charge in [-0.3, -0.25) is 9.69 Å². The molecule has 1 atom stereocenters. The third-order valence-corrected chi connectivity index (χ3v) is 5.25. The lowest BCUT2D eigenvalue weighted by molar-refractivity contribution is -0.121. The van der Waals surface area contributed by atoms with Crippen molar-refractivity contribution in [3.63, 3.8) is 0 Å². The number of nitrogens with zero attached hydrogens (tertiary/aromatic N) is 2. The Morgan fingerprint density at radius 1 is 1.10 bits per heavy atom. The number of carbonyl (C=O) groups excluding carboxylic acids is 1. The van der Waals surface area contributed by atoms with Crippen molar-refractivity contribution in [2.45, 2.75) is 26.0 Å². The monoisotopic (exact) mass is 403 g/mol. The largest absolute Gasteiger partial charge is 0.435 e. The van der Waals surface area contributed by atoms with E-state index in [1.807, 2.05) is 37.3 Å². The first-order chi connectivity index (χ1) is 13.9. The van der Waals surface area contributed by atoms with Gasteiger partial charge >= 0.3 is 6.61 Å². The van der Waals surface area contributed by atoms with Crippen molar-refractivity contribution < 1.29 is 18.3 Å². The predicted molar refractivity (Wildman–Crippen MR) is 109 cm³/mol. The Morgan fingerprint density at radius 3 is 2.45 bits per heavy atom. The number of nitrogens with one attached hydrogen (secondary N) is 1. The van der Waals surface area contributed by atoms with Crippen LogP contribution in [0.3, 0.4) is 0 Å². The molecule has 1 aliphatic rings. The van der Waals surface area contributed by atoms with Crippen molar-refractivity contribution >= 4 is 11.6 Å². The van der Waals surface area contributed by atoms with Crippen LogP contribution in [0.2, 0.25) is 0 Å². The summed E-state index contributed by atoms with van der Waals surface area (Å²) in [5.41, 5.74) is 2.14. The van der Waals surface area contributed by atoms with Crippen LogP contribution < -0.4 is 10.1 Å². The average Bonchev–Trinajstić information content (AvgIpc) is 2.70. The highest BCUT2D eigenvalue weighted by Crippen LogP contribution is 2.27. The summed E-state index contributed by atoms with van der Waals surface area (Å²) in [5.74, 6) is 0.0108. The van der Waals surface area contributed by atoms with Gasteiger partial charge in [-0.05, 0) is 37.7 Å². The summed E-state index contributed by atoms with van der Waals surface area (Å²) in [6.07, 6.45) is 0.431. The van der Waals surface area contributed by atoms with Crippen LogP contribution in [0.25, 0.3) is 0 Å². The van der Waals surface area contributed by atoms with Crippen LogP contribution in [-0.4, -0.2) is 61.6 Å². The number of benzene rings is 2. The highest BCUT2D eigenvalue weighted by molar-refractivity contribution is 5.94. The van der Waals surface area contributed by atoms with Crippen LogP contribution in [-0.2, 0) is 11.2 Å². The van der Waals surface area contributed by atoms with E-state index in [4.69, 9.17) is 0 Å². The number of piperazine rings is 1. The maximum atomic E-state index is 12.8. The van der Waals surface area contributed by atoms with Crippen LogP contribution in [0.1, 0.15) is 18.1 Å². The Balaban J connectivity index is 1.73. The maximum absolute atomic E-state index is 12.8. The Hall–Kier alpha value is -2.51. The van der Waals surface area contributed by atoms with Crippen molar-refractivity contribution in [2.24, 2.45) is 0 Å². The fraction of sp³-hybridized carbons (Fsp3) is 0.409. The molecule has 1 saturated heterocycles. The lowest BCUT2D eigenvalue weighted by Gasteiger charge is -2.35. The number of anilines is 1. The number of hydrogen-bond donors (Lipinski definition) is 1. The summed E-state index contributed by atoms with van der Waals surface area (Å²) in [6.45, 7) is 2.52. The van der Waals surface area contributed by atoms with Gasteiger partial charge in [-0.2, -0.15) is 8.78 Å². The predicted octanol–water partition coefficient (Wildman–Crippen LogP) is 3.45.